The highest BCUT2D eigenvalue weighted by Crippen LogP contribution is 2.68. The van der Waals surface area contributed by atoms with E-state index in [9.17, 15) is 18.3 Å². The zero-order valence-electron chi connectivity index (χ0n) is 28.6. The highest BCUT2D eigenvalue weighted by Gasteiger charge is 2.63. The van der Waals surface area contributed by atoms with Crippen molar-refractivity contribution in [2.45, 2.75) is 69.2 Å². The standard InChI is InChI=1S/C39H46N4O5S/c1-41-18-19-42(34(23-41)25-10-6-4-7-11-25)38(45)39-22-32(39)31-21-28(48-2)15-17-29(31)36-35(26-12-8-5-9-13-26)30-16-14-27(20-33(30)43(36)24-39)37(44)40-49(3,46)47/h4,6-7,10-11,14-17,20-21,26,32,34,38,45H,5,8-9,12-13,18-19,22-24H2,1-3H3,(H,40,44). The molecule has 0 spiro atoms. The lowest BCUT2D eigenvalue weighted by molar-refractivity contribution is -0.102. The van der Waals surface area contributed by atoms with Crippen molar-refractivity contribution in [1.82, 2.24) is 19.1 Å². The van der Waals surface area contributed by atoms with E-state index in [1.165, 1.54) is 36.0 Å². The van der Waals surface area contributed by atoms with Crippen LogP contribution in [-0.2, 0) is 16.6 Å². The SMILES string of the molecule is COc1ccc2c(c1)C1CC1(C(O)N1CCN(C)CC1c1ccccc1)Cn1c-2c(C2CCCCC2)c2ccc(C(=O)NS(C)(=O)=O)cc21. The first-order valence-corrected chi connectivity index (χ1v) is 19.5. The molecule has 2 N–H and O–H groups in total. The lowest BCUT2D eigenvalue weighted by atomic mass is 9.81. The Bertz CT molecular complexity index is 2020. The normalized spacial score (nSPS) is 25.1. The molecule has 9 nitrogen and oxygen atoms in total. The van der Waals surface area contributed by atoms with E-state index in [-0.39, 0.29) is 12.0 Å². The number of benzene rings is 3. The number of piperazine rings is 1. The maximum atomic E-state index is 13.2. The third-order valence-electron chi connectivity index (χ3n) is 11.8. The van der Waals surface area contributed by atoms with Crippen LogP contribution >= 0.6 is 0 Å². The number of aliphatic hydroxyl groups excluding tert-OH is 1. The van der Waals surface area contributed by atoms with Gasteiger partial charge in [0.25, 0.3) is 5.91 Å². The third kappa shape index (κ3) is 5.66. The molecule has 2 aliphatic heterocycles. The number of nitrogens with one attached hydrogen (secondary N) is 1. The number of nitrogens with zero attached hydrogens (tertiary/aromatic N) is 3. The summed E-state index contributed by atoms with van der Waals surface area (Å²) in [5, 5.41) is 13.9. The van der Waals surface area contributed by atoms with Crippen molar-refractivity contribution in [2.75, 3.05) is 40.0 Å². The molecule has 3 fully saturated rings. The molecule has 0 radical (unpaired) electrons. The Balaban J connectivity index is 1.32. The van der Waals surface area contributed by atoms with Crippen molar-refractivity contribution in [1.29, 1.82) is 0 Å². The number of methoxy groups -OCH3 is 1. The molecule has 1 amide bonds. The number of likely N-dealkylation sites (N-methyl/N-ethyl adjacent to an activating group) is 1. The monoisotopic (exact) mass is 682 g/mol. The van der Waals surface area contributed by atoms with E-state index in [1.54, 1.807) is 13.2 Å². The number of carbonyl (C=O) groups excluding carboxylic acids is 1. The summed E-state index contributed by atoms with van der Waals surface area (Å²) >= 11 is 0. The Morgan fingerprint density at radius 2 is 1.80 bits per heavy atom. The molecular weight excluding hydrogens is 637 g/mol. The van der Waals surface area contributed by atoms with Crippen molar-refractivity contribution in [3.8, 4) is 17.0 Å². The van der Waals surface area contributed by atoms with Gasteiger partial charge in [-0.25, -0.2) is 13.1 Å². The summed E-state index contributed by atoms with van der Waals surface area (Å²) in [6, 6.07) is 22.6. The smallest absolute Gasteiger partial charge is 0.264 e. The maximum absolute atomic E-state index is 13.2. The number of sulfonamides is 1. The second-order valence-corrected chi connectivity index (χ2v) is 16.6. The fraction of sp³-hybridized carbons (Fsp3) is 0.462. The first kappa shape index (κ1) is 32.5. The second-order valence-electron chi connectivity index (χ2n) is 14.9. The van der Waals surface area contributed by atoms with Gasteiger partial charge in [0.15, 0.2) is 0 Å². The van der Waals surface area contributed by atoms with Crippen LogP contribution in [0.5, 0.6) is 5.75 Å². The number of fused-ring (bicyclic) bond motifs is 7. The summed E-state index contributed by atoms with van der Waals surface area (Å²) in [6.07, 6.45) is 6.91. The molecule has 4 aromatic rings. The van der Waals surface area contributed by atoms with Crippen LogP contribution in [0.15, 0.2) is 66.7 Å². The molecule has 8 rings (SSSR count). The van der Waals surface area contributed by atoms with Gasteiger partial charge in [-0.15, -0.1) is 0 Å². The summed E-state index contributed by atoms with van der Waals surface area (Å²) < 4.78 is 34.4. The van der Waals surface area contributed by atoms with Gasteiger partial charge >= 0.3 is 0 Å². The topological polar surface area (TPSA) is 104 Å². The van der Waals surface area contributed by atoms with E-state index in [4.69, 9.17) is 4.74 Å². The van der Waals surface area contributed by atoms with Crippen LogP contribution in [0, 0.1) is 5.41 Å². The highest BCUT2D eigenvalue weighted by atomic mass is 32.2. The number of hydrogen-bond donors (Lipinski definition) is 2. The number of hydrogen-bond acceptors (Lipinski definition) is 7. The van der Waals surface area contributed by atoms with E-state index < -0.39 is 27.6 Å². The average Bonchev–Trinajstić information content (AvgIpc) is 3.77. The molecule has 3 heterocycles. The summed E-state index contributed by atoms with van der Waals surface area (Å²) in [7, 11) is 0.117. The zero-order valence-corrected chi connectivity index (χ0v) is 29.4. The van der Waals surface area contributed by atoms with Crippen molar-refractivity contribution in [2.24, 2.45) is 5.41 Å². The van der Waals surface area contributed by atoms with Gasteiger partial charge < -0.3 is 19.3 Å². The van der Waals surface area contributed by atoms with E-state index in [1.807, 2.05) is 24.3 Å². The van der Waals surface area contributed by atoms with Crippen LogP contribution in [0.1, 0.15) is 83.5 Å². The van der Waals surface area contributed by atoms with Gasteiger partial charge in [-0.2, -0.15) is 0 Å². The summed E-state index contributed by atoms with van der Waals surface area (Å²) in [5.74, 6) is 0.655. The minimum absolute atomic E-state index is 0.0450. The number of amides is 1. The Kier molecular flexibility index (Phi) is 8.13. The number of aliphatic hydroxyl groups is 1. The van der Waals surface area contributed by atoms with Crippen LogP contribution in [0.3, 0.4) is 0 Å². The summed E-state index contributed by atoms with van der Waals surface area (Å²) in [6.45, 7) is 3.03. The molecule has 4 aliphatic rings. The first-order valence-electron chi connectivity index (χ1n) is 17.6. The van der Waals surface area contributed by atoms with Crippen LogP contribution in [-0.4, -0.2) is 80.1 Å². The van der Waals surface area contributed by atoms with Crippen molar-refractivity contribution in [3.63, 3.8) is 0 Å². The third-order valence-corrected chi connectivity index (χ3v) is 12.3. The van der Waals surface area contributed by atoms with Gasteiger partial charge in [-0.05, 0) is 85.2 Å². The van der Waals surface area contributed by atoms with E-state index in [0.29, 0.717) is 18.0 Å². The summed E-state index contributed by atoms with van der Waals surface area (Å²) in [4.78, 5) is 17.9. The fourth-order valence-electron chi connectivity index (χ4n) is 9.28. The lowest BCUT2D eigenvalue weighted by Gasteiger charge is -2.45. The molecule has 258 valence electrons. The first-order chi connectivity index (χ1) is 23.6. The molecular formula is C39H46N4O5S. The molecule has 0 bridgehead atoms. The summed E-state index contributed by atoms with van der Waals surface area (Å²) in [5.41, 5.74) is 6.78. The van der Waals surface area contributed by atoms with Crippen molar-refractivity contribution in [3.05, 3.63) is 89.0 Å². The van der Waals surface area contributed by atoms with Gasteiger partial charge in [-0.1, -0.05) is 55.7 Å². The second kappa shape index (κ2) is 12.3. The molecule has 1 saturated heterocycles. The van der Waals surface area contributed by atoms with Crippen LogP contribution < -0.4 is 9.46 Å². The molecule has 4 atom stereocenters. The molecule has 2 saturated carbocycles. The average molecular weight is 683 g/mol. The van der Waals surface area contributed by atoms with Gasteiger partial charge in [0.2, 0.25) is 10.0 Å². The highest BCUT2D eigenvalue weighted by molar-refractivity contribution is 7.89. The van der Waals surface area contributed by atoms with Crippen LogP contribution in [0.4, 0.5) is 0 Å². The predicted octanol–water partition coefficient (Wildman–Crippen LogP) is 5.85. The molecule has 2 aliphatic carbocycles. The predicted molar refractivity (Wildman–Crippen MR) is 191 cm³/mol. The molecule has 49 heavy (non-hydrogen) atoms. The molecule has 1 aromatic heterocycles. The van der Waals surface area contributed by atoms with E-state index in [2.05, 4.69) is 62.5 Å². The van der Waals surface area contributed by atoms with Crippen LogP contribution in [0.2, 0.25) is 0 Å². The van der Waals surface area contributed by atoms with Crippen molar-refractivity contribution < 1.29 is 23.1 Å². The Labute approximate surface area is 288 Å². The largest absolute Gasteiger partial charge is 0.497 e. The number of ether oxygens (including phenoxy) is 1. The Hall–Kier alpha value is -3.70. The maximum Gasteiger partial charge on any atom is 0.264 e. The fourth-order valence-corrected chi connectivity index (χ4v) is 9.74. The minimum Gasteiger partial charge on any atom is -0.497 e. The minimum atomic E-state index is -3.73. The Morgan fingerprint density at radius 1 is 1.02 bits per heavy atom. The van der Waals surface area contributed by atoms with Gasteiger partial charge in [0, 0.05) is 59.7 Å². The lowest BCUT2D eigenvalue weighted by Crippen LogP contribution is -2.54. The van der Waals surface area contributed by atoms with Gasteiger partial charge in [-0.3, -0.25) is 9.69 Å². The molecule has 10 heteroatoms. The number of carbonyl (C=O) groups is 1. The molecule has 3 aromatic carbocycles. The zero-order chi connectivity index (χ0) is 34.1. The van der Waals surface area contributed by atoms with Gasteiger partial charge in [0.05, 0.1) is 19.1 Å². The van der Waals surface area contributed by atoms with E-state index in [0.717, 1.165) is 73.1 Å². The Morgan fingerprint density at radius 3 is 2.53 bits per heavy atom. The van der Waals surface area contributed by atoms with Crippen LogP contribution in [0.25, 0.3) is 22.2 Å². The van der Waals surface area contributed by atoms with Gasteiger partial charge in [0.1, 0.15) is 12.0 Å². The number of rotatable bonds is 7. The molecule has 4 unspecified atom stereocenters. The number of aromatic nitrogens is 1. The van der Waals surface area contributed by atoms with E-state index >= 15 is 0 Å². The van der Waals surface area contributed by atoms with Crippen molar-refractivity contribution >= 4 is 26.8 Å². The quantitative estimate of drug-likeness (QED) is 0.252.